The second-order valence-corrected chi connectivity index (χ2v) is 6.39. The van der Waals surface area contributed by atoms with Crippen molar-refractivity contribution in [3.8, 4) is 0 Å². The van der Waals surface area contributed by atoms with Gasteiger partial charge in [-0.1, -0.05) is 18.2 Å². The maximum Gasteiger partial charge on any atom is 0.309 e. The quantitative estimate of drug-likeness (QED) is 0.792. The molecule has 0 unspecified atom stereocenters. The van der Waals surface area contributed by atoms with Crippen LogP contribution in [0.25, 0.3) is 10.9 Å². The van der Waals surface area contributed by atoms with E-state index in [1.807, 2.05) is 36.7 Å². The van der Waals surface area contributed by atoms with E-state index in [0.29, 0.717) is 19.6 Å². The van der Waals surface area contributed by atoms with E-state index in [-0.39, 0.29) is 0 Å². The van der Waals surface area contributed by atoms with Gasteiger partial charge < -0.3 is 9.84 Å². The number of carboxylic acids is 1. The molecule has 6 nitrogen and oxygen atoms in total. The van der Waals surface area contributed by atoms with Gasteiger partial charge >= 0.3 is 5.97 Å². The average Bonchev–Trinajstić information content (AvgIpc) is 3.10. The van der Waals surface area contributed by atoms with Crippen molar-refractivity contribution in [2.24, 2.45) is 5.92 Å². The summed E-state index contributed by atoms with van der Waals surface area (Å²) in [5, 5.41) is 14.9. The Hall–Kier alpha value is -2.73. The van der Waals surface area contributed by atoms with Gasteiger partial charge in [0.05, 0.1) is 30.3 Å². The zero-order chi connectivity index (χ0) is 17.2. The molecular weight excluding hydrogens is 318 g/mol. The Balaban J connectivity index is 1.55. The number of fused-ring (bicyclic) bond motifs is 1. The van der Waals surface area contributed by atoms with Crippen LogP contribution in [0.5, 0.6) is 0 Å². The molecule has 1 aliphatic heterocycles. The molecule has 0 aliphatic carbocycles. The molecule has 6 heteroatoms. The number of pyridine rings is 1. The van der Waals surface area contributed by atoms with Gasteiger partial charge in [0.25, 0.3) is 0 Å². The van der Waals surface area contributed by atoms with Crippen molar-refractivity contribution >= 4 is 16.9 Å². The smallest absolute Gasteiger partial charge is 0.309 e. The van der Waals surface area contributed by atoms with E-state index in [2.05, 4.69) is 16.1 Å². The summed E-state index contributed by atoms with van der Waals surface area (Å²) < 4.78 is 7.52. The Bertz CT molecular complexity index is 906. The topological polar surface area (TPSA) is 77.2 Å². The van der Waals surface area contributed by atoms with Gasteiger partial charge in [-0.15, -0.1) is 0 Å². The maximum absolute atomic E-state index is 11.4. The van der Waals surface area contributed by atoms with Crippen LogP contribution in [0, 0.1) is 5.92 Å². The number of benzene rings is 1. The first kappa shape index (κ1) is 15.8. The number of carboxylic acid groups (broad SMARTS) is 1. The molecule has 3 aromatic rings. The first-order chi connectivity index (χ1) is 12.2. The Kier molecular flexibility index (Phi) is 4.19. The molecule has 2 aromatic heterocycles. The average molecular weight is 337 g/mol. The van der Waals surface area contributed by atoms with Crippen LogP contribution >= 0.6 is 0 Å². The summed E-state index contributed by atoms with van der Waals surface area (Å²) >= 11 is 0. The standard InChI is InChI=1S/C19H19N3O3/c23-19(24)16-5-3-7-25-18(16)15-10-21-22(12-15)11-13-8-14-4-1-2-6-17(14)20-9-13/h1-2,4,6,8-10,12,16,18H,3,5,7,11H2,(H,23,24)/t16-,18+/m1/s1. The molecule has 0 spiro atoms. The lowest BCUT2D eigenvalue weighted by atomic mass is 9.91. The monoisotopic (exact) mass is 337 g/mol. The highest BCUT2D eigenvalue weighted by atomic mass is 16.5. The number of para-hydroxylation sites is 1. The third kappa shape index (κ3) is 3.25. The maximum atomic E-state index is 11.4. The Morgan fingerprint density at radius 3 is 3.08 bits per heavy atom. The molecule has 25 heavy (non-hydrogen) atoms. The van der Waals surface area contributed by atoms with Gasteiger partial charge in [0.1, 0.15) is 0 Å². The molecule has 128 valence electrons. The Morgan fingerprint density at radius 2 is 2.20 bits per heavy atom. The van der Waals surface area contributed by atoms with E-state index in [4.69, 9.17) is 4.74 Å². The summed E-state index contributed by atoms with van der Waals surface area (Å²) in [6, 6.07) is 10.1. The van der Waals surface area contributed by atoms with Gasteiger partial charge in [0, 0.05) is 30.0 Å². The van der Waals surface area contributed by atoms with Crippen LogP contribution in [0.4, 0.5) is 0 Å². The molecule has 0 radical (unpaired) electrons. The SMILES string of the molecule is O=C(O)[C@@H]1CCCO[C@H]1c1cnn(Cc2cnc3ccccc3c2)c1. The fourth-order valence-corrected chi connectivity index (χ4v) is 3.37. The highest BCUT2D eigenvalue weighted by molar-refractivity contribution is 5.78. The van der Waals surface area contributed by atoms with Gasteiger partial charge in [-0.3, -0.25) is 14.5 Å². The lowest BCUT2D eigenvalue weighted by Gasteiger charge is -2.28. The summed E-state index contributed by atoms with van der Waals surface area (Å²) in [7, 11) is 0. The number of hydrogen-bond acceptors (Lipinski definition) is 4. The van der Waals surface area contributed by atoms with E-state index >= 15 is 0 Å². The number of rotatable bonds is 4. The van der Waals surface area contributed by atoms with E-state index < -0.39 is 18.0 Å². The predicted octanol–water partition coefficient (Wildman–Crippen LogP) is 3.03. The highest BCUT2D eigenvalue weighted by Crippen LogP contribution is 2.33. The van der Waals surface area contributed by atoms with Crippen LogP contribution in [-0.2, 0) is 16.1 Å². The molecule has 1 fully saturated rings. The molecule has 1 saturated heterocycles. The van der Waals surface area contributed by atoms with Crippen molar-refractivity contribution in [3.05, 3.63) is 60.0 Å². The molecule has 2 atom stereocenters. The van der Waals surface area contributed by atoms with Crippen LogP contribution < -0.4 is 0 Å². The third-order valence-electron chi connectivity index (χ3n) is 4.61. The summed E-state index contributed by atoms with van der Waals surface area (Å²) in [6.45, 7) is 1.18. The molecule has 0 amide bonds. The molecule has 0 saturated carbocycles. The molecule has 4 rings (SSSR count). The fourth-order valence-electron chi connectivity index (χ4n) is 3.37. The van der Waals surface area contributed by atoms with Crippen LogP contribution in [0.15, 0.2) is 48.9 Å². The number of aliphatic carboxylic acids is 1. The van der Waals surface area contributed by atoms with Crippen molar-refractivity contribution in [1.29, 1.82) is 0 Å². The first-order valence-electron chi connectivity index (χ1n) is 8.41. The van der Waals surface area contributed by atoms with Crippen LogP contribution in [0.2, 0.25) is 0 Å². The number of carbonyl (C=O) groups is 1. The minimum Gasteiger partial charge on any atom is -0.481 e. The molecule has 1 aromatic carbocycles. The molecule has 1 aliphatic rings. The lowest BCUT2D eigenvalue weighted by Crippen LogP contribution is -2.28. The lowest BCUT2D eigenvalue weighted by molar-refractivity contribution is -0.151. The molecule has 3 heterocycles. The second kappa shape index (κ2) is 6.64. The molecular formula is C19H19N3O3. The predicted molar refractivity (Wildman–Crippen MR) is 92.1 cm³/mol. The second-order valence-electron chi connectivity index (χ2n) is 6.39. The van der Waals surface area contributed by atoms with Gasteiger partial charge in [-0.05, 0) is 30.5 Å². The van der Waals surface area contributed by atoms with E-state index in [1.54, 1.807) is 10.9 Å². The zero-order valence-electron chi connectivity index (χ0n) is 13.7. The van der Waals surface area contributed by atoms with Crippen molar-refractivity contribution in [2.45, 2.75) is 25.5 Å². The first-order valence-corrected chi connectivity index (χ1v) is 8.41. The summed E-state index contributed by atoms with van der Waals surface area (Å²) in [6.07, 6.45) is 6.43. The van der Waals surface area contributed by atoms with Gasteiger partial charge in [0.15, 0.2) is 0 Å². The normalized spacial score (nSPS) is 20.6. The van der Waals surface area contributed by atoms with Crippen LogP contribution in [0.1, 0.15) is 30.1 Å². The summed E-state index contributed by atoms with van der Waals surface area (Å²) in [5.74, 6) is -1.31. The van der Waals surface area contributed by atoms with Gasteiger partial charge in [-0.2, -0.15) is 5.10 Å². The Labute approximate surface area is 145 Å². The minimum absolute atomic E-state index is 0.422. The van der Waals surface area contributed by atoms with Crippen LogP contribution in [0.3, 0.4) is 0 Å². The largest absolute Gasteiger partial charge is 0.481 e. The summed E-state index contributed by atoms with van der Waals surface area (Å²) in [4.78, 5) is 15.9. The Morgan fingerprint density at radius 1 is 1.32 bits per heavy atom. The highest BCUT2D eigenvalue weighted by Gasteiger charge is 2.33. The summed E-state index contributed by atoms with van der Waals surface area (Å²) in [5.41, 5.74) is 2.83. The van der Waals surface area contributed by atoms with Crippen molar-refractivity contribution < 1.29 is 14.6 Å². The van der Waals surface area contributed by atoms with E-state index in [9.17, 15) is 9.90 Å². The van der Waals surface area contributed by atoms with Crippen molar-refractivity contribution in [3.63, 3.8) is 0 Å². The van der Waals surface area contributed by atoms with Crippen molar-refractivity contribution in [1.82, 2.24) is 14.8 Å². The molecule has 0 bridgehead atoms. The minimum atomic E-state index is -0.809. The number of hydrogen-bond donors (Lipinski definition) is 1. The van der Waals surface area contributed by atoms with Crippen LogP contribution in [-0.4, -0.2) is 32.4 Å². The fraction of sp³-hybridized carbons (Fsp3) is 0.316. The van der Waals surface area contributed by atoms with Crippen molar-refractivity contribution in [2.75, 3.05) is 6.61 Å². The number of ether oxygens (including phenoxy) is 1. The number of aromatic nitrogens is 3. The van der Waals surface area contributed by atoms with Gasteiger partial charge in [0.2, 0.25) is 0 Å². The molecule has 1 N–H and O–H groups in total. The van der Waals surface area contributed by atoms with Gasteiger partial charge in [-0.25, -0.2) is 0 Å². The van der Waals surface area contributed by atoms with E-state index in [0.717, 1.165) is 28.5 Å². The van der Waals surface area contributed by atoms with E-state index in [1.165, 1.54) is 0 Å². The zero-order valence-corrected chi connectivity index (χ0v) is 13.7. The third-order valence-corrected chi connectivity index (χ3v) is 4.61. The number of nitrogens with zero attached hydrogens (tertiary/aromatic N) is 3.